The van der Waals surface area contributed by atoms with Crippen LogP contribution in [0.3, 0.4) is 0 Å². The van der Waals surface area contributed by atoms with E-state index in [4.69, 9.17) is 16.7 Å². The zero-order valence-corrected chi connectivity index (χ0v) is 8.31. The highest BCUT2D eigenvalue weighted by atomic mass is 16.4. The van der Waals surface area contributed by atoms with Gasteiger partial charge in [-0.2, -0.15) is 0 Å². The van der Waals surface area contributed by atoms with E-state index in [1.54, 1.807) is 0 Å². The van der Waals surface area contributed by atoms with Crippen molar-refractivity contribution in [2.75, 3.05) is 0 Å². The van der Waals surface area contributed by atoms with Crippen molar-refractivity contribution in [1.82, 2.24) is 5.43 Å². The first-order valence-corrected chi connectivity index (χ1v) is 4.63. The number of carboxylic acid groups (broad SMARTS) is 1. The van der Waals surface area contributed by atoms with Crippen LogP contribution < -0.4 is 17.0 Å². The Labute approximate surface area is 88.0 Å². The average Bonchev–Trinajstić information content (AvgIpc) is 2.21. The van der Waals surface area contributed by atoms with Crippen molar-refractivity contribution < 1.29 is 9.90 Å². The summed E-state index contributed by atoms with van der Waals surface area (Å²) in [7, 11) is 0. The van der Waals surface area contributed by atoms with Crippen LogP contribution in [0.2, 0.25) is 0 Å². The molecule has 0 aliphatic rings. The molecular weight excluding hydrogens is 194 g/mol. The van der Waals surface area contributed by atoms with Crippen molar-refractivity contribution in [3.63, 3.8) is 0 Å². The summed E-state index contributed by atoms with van der Waals surface area (Å²) in [4.78, 5) is 10.5. The number of hydrogen-bond acceptors (Lipinski definition) is 4. The first-order chi connectivity index (χ1) is 7.13. The highest BCUT2D eigenvalue weighted by molar-refractivity contribution is 5.73. The van der Waals surface area contributed by atoms with Gasteiger partial charge in [0.05, 0.1) is 0 Å². The van der Waals surface area contributed by atoms with Crippen molar-refractivity contribution >= 4 is 5.97 Å². The number of hydrazine groups is 1. The molecule has 0 radical (unpaired) electrons. The van der Waals surface area contributed by atoms with E-state index in [1.807, 2.05) is 24.3 Å². The largest absolute Gasteiger partial charge is 0.480 e. The van der Waals surface area contributed by atoms with Gasteiger partial charge in [0.2, 0.25) is 0 Å². The Kier molecular flexibility index (Phi) is 4.23. The lowest BCUT2D eigenvalue weighted by Crippen LogP contribution is -2.32. The Balaban J connectivity index is 2.60. The zero-order valence-electron chi connectivity index (χ0n) is 8.31. The van der Waals surface area contributed by atoms with E-state index in [0.717, 1.165) is 11.1 Å². The fraction of sp³-hybridized carbons (Fsp3) is 0.300. The van der Waals surface area contributed by atoms with Gasteiger partial charge >= 0.3 is 5.97 Å². The predicted molar refractivity (Wildman–Crippen MR) is 56.8 cm³/mol. The summed E-state index contributed by atoms with van der Waals surface area (Å²) >= 11 is 0. The maximum Gasteiger partial charge on any atom is 0.320 e. The van der Waals surface area contributed by atoms with Gasteiger partial charge in [0, 0.05) is 6.54 Å². The molecule has 1 rings (SSSR count). The summed E-state index contributed by atoms with van der Waals surface area (Å²) in [5.41, 5.74) is 9.91. The molecule has 1 unspecified atom stereocenters. The molecule has 0 aromatic heterocycles. The van der Waals surface area contributed by atoms with Crippen molar-refractivity contribution in [2.24, 2.45) is 11.6 Å². The number of carbonyl (C=O) groups is 1. The smallest absolute Gasteiger partial charge is 0.320 e. The van der Waals surface area contributed by atoms with E-state index in [9.17, 15) is 4.79 Å². The number of nitrogens with one attached hydrogen (secondary N) is 1. The fourth-order valence-corrected chi connectivity index (χ4v) is 1.25. The lowest BCUT2D eigenvalue weighted by Gasteiger charge is -2.07. The van der Waals surface area contributed by atoms with Crippen molar-refractivity contribution in [3.8, 4) is 0 Å². The zero-order chi connectivity index (χ0) is 11.3. The second kappa shape index (κ2) is 5.45. The molecule has 6 N–H and O–H groups in total. The molecule has 5 nitrogen and oxygen atoms in total. The lowest BCUT2D eigenvalue weighted by molar-refractivity contribution is -0.138. The Hall–Kier alpha value is -1.43. The van der Waals surface area contributed by atoms with Crippen LogP contribution in [0.5, 0.6) is 0 Å². The third-order valence-electron chi connectivity index (χ3n) is 2.10. The van der Waals surface area contributed by atoms with E-state index in [1.165, 1.54) is 0 Å². The van der Waals surface area contributed by atoms with E-state index in [-0.39, 0.29) is 0 Å². The van der Waals surface area contributed by atoms with Gasteiger partial charge in [-0.05, 0) is 17.5 Å². The van der Waals surface area contributed by atoms with Crippen LogP contribution >= 0.6 is 0 Å². The maximum atomic E-state index is 10.5. The molecule has 0 amide bonds. The minimum absolute atomic E-state index is 0.339. The topological polar surface area (TPSA) is 101 Å². The molecule has 0 bridgehead atoms. The molecule has 0 saturated heterocycles. The number of hydrogen-bond donors (Lipinski definition) is 4. The normalized spacial score (nSPS) is 12.4. The van der Waals surface area contributed by atoms with Crippen molar-refractivity contribution in [2.45, 2.75) is 19.0 Å². The van der Waals surface area contributed by atoms with Gasteiger partial charge < -0.3 is 10.8 Å². The molecule has 1 atom stereocenters. The average molecular weight is 209 g/mol. The molecule has 1 aromatic rings. The monoisotopic (exact) mass is 209 g/mol. The fourth-order valence-electron chi connectivity index (χ4n) is 1.25. The molecule has 0 aliphatic carbocycles. The summed E-state index contributed by atoms with van der Waals surface area (Å²) in [6.07, 6.45) is 0.339. The number of aliphatic carboxylic acids is 1. The molecule has 15 heavy (non-hydrogen) atoms. The van der Waals surface area contributed by atoms with Crippen LogP contribution in [-0.4, -0.2) is 17.1 Å². The van der Waals surface area contributed by atoms with Crippen LogP contribution in [0.1, 0.15) is 11.1 Å². The van der Waals surface area contributed by atoms with Gasteiger partial charge in [0.25, 0.3) is 0 Å². The predicted octanol–water partition coefficient (Wildman–Crippen LogP) is -0.396. The summed E-state index contributed by atoms with van der Waals surface area (Å²) in [5.74, 6) is 4.19. The van der Waals surface area contributed by atoms with Gasteiger partial charge in [0.1, 0.15) is 6.04 Å². The second-order valence-electron chi connectivity index (χ2n) is 3.35. The molecule has 0 spiro atoms. The van der Waals surface area contributed by atoms with Crippen molar-refractivity contribution in [1.29, 1.82) is 0 Å². The summed E-state index contributed by atoms with van der Waals surface area (Å²) < 4.78 is 0. The van der Waals surface area contributed by atoms with Crippen LogP contribution in [0.15, 0.2) is 24.3 Å². The minimum Gasteiger partial charge on any atom is -0.480 e. The Morgan fingerprint density at radius 2 is 1.87 bits per heavy atom. The maximum absolute atomic E-state index is 10.5. The van der Waals surface area contributed by atoms with Gasteiger partial charge in [-0.3, -0.25) is 16.1 Å². The molecule has 0 saturated carbocycles. The van der Waals surface area contributed by atoms with Gasteiger partial charge in [-0.1, -0.05) is 24.3 Å². The third kappa shape index (κ3) is 3.67. The van der Waals surface area contributed by atoms with Gasteiger partial charge in [0.15, 0.2) is 0 Å². The molecule has 0 heterocycles. The molecule has 1 aromatic carbocycles. The van der Waals surface area contributed by atoms with E-state index in [2.05, 4.69) is 5.43 Å². The highest BCUT2D eigenvalue weighted by Gasteiger charge is 2.11. The molecular formula is C10H15N3O2. The first-order valence-electron chi connectivity index (χ1n) is 4.63. The summed E-state index contributed by atoms with van der Waals surface area (Å²) in [6.45, 7) is 0.589. The Morgan fingerprint density at radius 1 is 1.33 bits per heavy atom. The van der Waals surface area contributed by atoms with E-state index in [0.29, 0.717) is 13.0 Å². The summed E-state index contributed by atoms with van der Waals surface area (Å²) in [5, 5.41) is 8.63. The lowest BCUT2D eigenvalue weighted by atomic mass is 10.0. The Morgan fingerprint density at radius 3 is 2.33 bits per heavy atom. The number of rotatable bonds is 5. The van der Waals surface area contributed by atoms with Crippen LogP contribution in [0, 0.1) is 0 Å². The van der Waals surface area contributed by atoms with Crippen molar-refractivity contribution in [3.05, 3.63) is 35.4 Å². The van der Waals surface area contributed by atoms with Gasteiger partial charge in [-0.25, -0.2) is 0 Å². The third-order valence-corrected chi connectivity index (χ3v) is 2.10. The quantitative estimate of drug-likeness (QED) is 0.390. The SMILES string of the molecule is NNCc1ccc(CC(N)C(=O)O)cc1. The summed E-state index contributed by atoms with van der Waals surface area (Å²) in [6, 6.07) is 6.65. The molecule has 5 heteroatoms. The molecule has 82 valence electrons. The first kappa shape index (κ1) is 11.6. The minimum atomic E-state index is -0.984. The molecule has 0 fully saturated rings. The number of nitrogens with two attached hydrogens (primary N) is 2. The van der Waals surface area contributed by atoms with E-state index >= 15 is 0 Å². The number of carboxylic acids is 1. The highest BCUT2D eigenvalue weighted by Crippen LogP contribution is 2.06. The molecule has 0 aliphatic heterocycles. The second-order valence-corrected chi connectivity index (χ2v) is 3.35. The van der Waals surface area contributed by atoms with Crippen LogP contribution in [-0.2, 0) is 17.8 Å². The number of benzene rings is 1. The van der Waals surface area contributed by atoms with Crippen LogP contribution in [0.25, 0.3) is 0 Å². The Bertz CT molecular complexity index is 324. The van der Waals surface area contributed by atoms with Crippen LogP contribution in [0.4, 0.5) is 0 Å². The standard InChI is InChI=1S/C10H15N3O2/c11-9(10(14)15)5-7-1-3-8(4-2-7)6-13-12/h1-4,9,13H,5-6,11-12H2,(H,14,15). The van der Waals surface area contributed by atoms with Gasteiger partial charge in [-0.15, -0.1) is 0 Å². The van der Waals surface area contributed by atoms with E-state index < -0.39 is 12.0 Å².